The van der Waals surface area contributed by atoms with Crippen molar-refractivity contribution in [3.05, 3.63) is 34.9 Å². The van der Waals surface area contributed by atoms with Gasteiger partial charge in [-0.3, -0.25) is 0 Å². The summed E-state index contributed by atoms with van der Waals surface area (Å²) >= 11 is 0. The summed E-state index contributed by atoms with van der Waals surface area (Å²) in [5, 5.41) is 0. The van der Waals surface area contributed by atoms with Gasteiger partial charge in [0.1, 0.15) is 0 Å². The molecule has 0 aliphatic heterocycles. The SMILES string of the molecule is CCCCCCCCCc1ccc(CCCCCCCCC)c(CCCCCCCCC)c1. The lowest BCUT2D eigenvalue weighted by molar-refractivity contribution is 0.582. The average Bonchev–Trinajstić information content (AvgIpc) is 2.83. The lowest BCUT2D eigenvalue weighted by atomic mass is 9.93. The second-order valence-corrected chi connectivity index (χ2v) is 10.7. The van der Waals surface area contributed by atoms with E-state index in [1.54, 1.807) is 16.7 Å². The molecular formula is C33H60. The molecule has 0 unspecified atom stereocenters. The van der Waals surface area contributed by atoms with Gasteiger partial charge in [0.05, 0.1) is 0 Å². The summed E-state index contributed by atoms with van der Waals surface area (Å²) in [5.74, 6) is 0. The van der Waals surface area contributed by atoms with Crippen molar-refractivity contribution in [3.8, 4) is 0 Å². The number of benzene rings is 1. The van der Waals surface area contributed by atoms with Crippen molar-refractivity contribution in [1.82, 2.24) is 0 Å². The number of aryl methyl sites for hydroxylation is 3. The van der Waals surface area contributed by atoms with Gasteiger partial charge in [-0.25, -0.2) is 0 Å². The van der Waals surface area contributed by atoms with E-state index >= 15 is 0 Å². The van der Waals surface area contributed by atoms with E-state index in [0.717, 1.165) is 0 Å². The molecule has 0 aliphatic rings. The summed E-state index contributed by atoms with van der Waals surface area (Å²) in [6.07, 6.45) is 33.5. The molecule has 1 aromatic carbocycles. The fourth-order valence-electron chi connectivity index (χ4n) is 5.14. The smallest absolute Gasteiger partial charge is 0.0276 e. The number of hydrogen-bond acceptors (Lipinski definition) is 0. The van der Waals surface area contributed by atoms with Gasteiger partial charge in [0, 0.05) is 0 Å². The normalized spacial score (nSPS) is 11.4. The lowest BCUT2D eigenvalue weighted by Gasteiger charge is -2.13. The molecule has 0 spiro atoms. The van der Waals surface area contributed by atoms with Crippen molar-refractivity contribution in [3.63, 3.8) is 0 Å². The van der Waals surface area contributed by atoms with Crippen LogP contribution in [0.2, 0.25) is 0 Å². The Balaban J connectivity index is 2.44. The molecule has 0 bridgehead atoms. The Kier molecular flexibility index (Phi) is 21.1. The number of hydrogen-bond donors (Lipinski definition) is 0. The maximum atomic E-state index is 2.60. The summed E-state index contributed by atoms with van der Waals surface area (Å²) in [4.78, 5) is 0. The van der Waals surface area contributed by atoms with Gasteiger partial charge in [-0.05, 0) is 55.2 Å². The second kappa shape index (κ2) is 23.0. The molecule has 1 rings (SSSR count). The first kappa shape index (κ1) is 30.3. The lowest BCUT2D eigenvalue weighted by Crippen LogP contribution is -1.98. The quantitative estimate of drug-likeness (QED) is 0.136. The van der Waals surface area contributed by atoms with E-state index in [-0.39, 0.29) is 0 Å². The Morgan fingerprint density at radius 1 is 0.364 bits per heavy atom. The first-order valence-electron chi connectivity index (χ1n) is 15.4. The largest absolute Gasteiger partial charge is 0.0654 e. The first-order chi connectivity index (χ1) is 16.3. The maximum Gasteiger partial charge on any atom is -0.0276 e. The highest BCUT2D eigenvalue weighted by atomic mass is 14.1. The minimum atomic E-state index is 1.29. The van der Waals surface area contributed by atoms with E-state index in [1.807, 2.05) is 0 Å². The Labute approximate surface area is 209 Å². The fourth-order valence-corrected chi connectivity index (χ4v) is 5.14. The van der Waals surface area contributed by atoms with E-state index in [9.17, 15) is 0 Å². The first-order valence-corrected chi connectivity index (χ1v) is 15.4. The van der Waals surface area contributed by atoms with E-state index in [1.165, 1.54) is 154 Å². The molecule has 0 nitrogen and oxygen atoms in total. The zero-order valence-electron chi connectivity index (χ0n) is 23.2. The molecule has 0 amide bonds. The standard InChI is InChI=1S/C33H60/c1-4-7-10-13-16-19-22-25-31-28-29-32(26-23-20-17-14-11-8-5-2)33(30-31)27-24-21-18-15-12-9-6-3/h28-30H,4-27H2,1-3H3. The Hall–Kier alpha value is -0.780. The van der Waals surface area contributed by atoms with Crippen LogP contribution in [0.15, 0.2) is 18.2 Å². The Bertz CT molecular complexity index is 529. The van der Waals surface area contributed by atoms with Crippen molar-refractivity contribution < 1.29 is 0 Å². The topological polar surface area (TPSA) is 0 Å². The van der Waals surface area contributed by atoms with Gasteiger partial charge in [0.2, 0.25) is 0 Å². The van der Waals surface area contributed by atoms with E-state index in [4.69, 9.17) is 0 Å². The molecular weight excluding hydrogens is 396 g/mol. The Morgan fingerprint density at radius 3 is 1.18 bits per heavy atom. The summed E-state index contributed by atoms with van der Waals surface area (Å²) in [6.45, 7) is 6.93. The molecule has 0 heterocycles. The van der Waals surface area contributed by atoms with Gasteiger partial charge in [-0.15, -0.1) is 0 Å². The highest BCUT2D eigenvalue weighted by Gasteiger charge is 2.06. The Morgan fingerprint density at radius 2 is 0.727 bits per heavy atom. The van der Waals surface area contributed by atoms with Crippen LogP contribution < -0.4 is 0 Å². The fraction of sp³-hybridized carbons (Fsp3) is 0.818. The average molecular weight is 457 g/mol. The number of rotatable bonds is 24. The van der Waals surface area contributed by atoms with Crippen LogP contribution in [0.25, 0.3) is 0 Å². The third-order valence-corrected chi connectivity index (χ3v) is 7.44. The minimum Gasteiger partial charge on any atom is -0.0654 e. The molecule has 1 aromatic rings. The van der Waals surface area contributed by atoms with Gasteiger partial charge in [-0.2, -0.15) is 0 Å². The van der Waals surface area contributed by atoms with Crippen molar-refractivity contribution in [2.24, 2.45) is 0 Å². The zero-order chi connectivity index (χ0) is 23.8. The summed E-state index contributed by atoms with van der Waals surface area (Å²) < 4.78 is 0. The van der Waals surface area contributed by atoms with E-state index in [0.29, 0.717) is 0 Å². The van der Waals surface area contributed by atoms with Crippen LogP contribution in [0.3, 0.4) is 0 Å². The molecule has 33 heavy (non-hydrogen) atoms. The van der Waals surface area contributed by atoms with Crippen LogP contribution in [0, 0.1) is 0 Å². The highest BCUT2D eigenvalue weighted by molar-refractivity contribution is 5.32. The van der Waals surface area contributed by atoms with Crippen LogP contribution in [0.5, 0.6) is 0 Å². The molecule has 0 aliphatic carbocycles. The molecule has 0 atom stereocenters. The van der Waals surface area contributed by atoms with Crippen LogP contribution in [-0.4, -0.2) is 0 Å². The molecule has 0 aromatic heterocycles. The molecule has 0 saturated heterocycles. The van der Waals surface area contributed by atoms with Crippen LogP contribution >= 0.6 is 0 Å². The van der Waals surface area contributed by atoms with Gasteiger partial charge in [0.25, 0.3) is 0 Å². The number of unbranched alkanes of at least 4 members (excludes halogenated alkanes) is 18. The molecule has 0 fully saturated rings. The van der Waals surface area contributed by atoms with Crippen molar-refractivity contribution >= 4 is 0 Å². The third kappa shape index (κ3) is 17.3. The van der Waals surface area contributed by atoms with Gasteiger partial charge in [0.15, 0.2) is 0 Å². The summed E-state index contributed by atoms with van der Waals surface area (Å²) in [7, 11) is 0. The van der Waals surface area contributed by atoms with Crippen LogP contribution in [0.4, 0.5) is 0 Å². The summed E-state index contributed by atoms with van der Waals surface area (Å²) in [6, 6.07) is 7.57. The molecule has 0 saturated carbocycles. The molecule has 0 N–H and O–H groups in total. The van der Waals surface area contributed by atoms with E-state index in [2.05, 4.69) is 39.0 Å². The predicted octanol–water partition coefficient (Wildman–Crippen LogP) is 11.6. The predicted molar refractivity (Wildman–Crippen MR) is 152 cm³/mol. The molecule has 0 heteroatoms. The molecule has 0 radical (unpaired) electrons. The van der Waals surface area contributed by atoms with E-state index < -0.39 is 0 Å². The van der Waals surface area contributed by atoms with Gasteiger partial charge >= 0.3 is 0 Å². The summed E-state index contributed by atoms with van der Waals surface area (Å²) in [5.41, 5.74) is 4.96. The third-order valence-electron chi connectivity index (χ3n) is 7.44. The zero-order valence-corrected chi connectivity index (χ0v) is 23.2. The molecule has 192 valence electrons. The monoisotopic (exact) mass is 456 g/mol. The maximum absolute atomic E-state index is 2.60. The van der Waals surface area contributed by atoms with Crippen LogP contribution in [0.1, 0.15) is 172 Å². The van der Waals surface area contributed by atoms with Crippen LogP contribution in [-0.2, 0) is 19.3 Å². The van der Waals surface area contributed by atoms with Gasteiger partial charge < -0.3 is 0 Å². The van der Waals surface area contributed by atoms with Crippen molar-refractivity contribution in [2.75, 3.05) is 0 Å². The van der Waals surface area contributed by atoms with Gasteiger partial charge in [-0.1, -0.05) is 155 Å². The van der Waals surface area contributed by atoms with Crippen molar-refractivity contribution in [1.29, 1.82) is 0 Å². The minimum absolute atomic E-state index is 1.29. The second-order valence-electron chi connectivity index (χ2n) is 10.7. The highest BCUT2D eigenvalue weighted by Crippen LogP contribution is 2.21. The van der Waals surface area contributed by atoms with Crippen molar-refractivity contribution in [2.45, 2.75) is 175 Å².